The van der Waals surface area contributed by atoms with Crippen LogP contribution in [0.5, 0.6) is 0 Å². The van der Waals surface area contributed by atoms with Gasteiger partial charge in [0.2, 0.25) is 0 Å². The van der Waals surface area contributed by atoms with E-state index in [1.807, 2.05) is 0 Å². The van der Waals surface area contributed by atoms with E-state index in [0.717, 1.165) is 13.0 Å². The fourth-order valence-electron chi connectivity index (χ4n) is 1.77. The molecule has 0 saturated carbocycles. The summed E-state index contributed by atoms with van der Waals surface area (Å²) in [7, 11) is 0. The van der Waals surface area contributed by atoms with Crippen molar-refractivity contribution in [2.45, 2.75) is 58.4 Å². The van der Waals surface area contributed by atoms with Gasteiger partial charge in [0.25, 0.3) is 6.57 Å². The molecule has 0 aromatic rings. The van der Waals surface area contributed by atoms with Crippen LogP contribution in [0.25, 0.3) is 0 Å². The van der Waals surface area contributed by atoms with Crippen molar-refractivity contribution < 1.29 is 9.46 Å². The van der Waals surface area contributed by atoms with Crippen molar-refractivity contribution in [2.24, 2.45) is 0 Å². The first kappa shape index (κ1) is 16.5. The second-order valence-electron chi connectivity index (χ2n) is 4.82. The molecule has 0 aromatic carbocycles. The van der Waals surface area contributed by atoms with Crippen molar-refractivity contribution in [3.63, 3.8) is 0 Å². The third-order valence-corrected chi connectivity index (χ3v) is 5.78. The molecule has 16 heavy (non-hydrogen) atoms. The molecule has 0 bridgehead atoms. The van der Waals surface area contributed by atoms with Gasteiger partial charge in [-0.1, -0.05) is 18.3 Å². The lowest BCUT2D eigenvalue weighted by Gasteiger charge is -2.33. The van der Waals surface area contributed by atoms with E-state index in [1.54, 1.807) is 0 Å². The van der Waals surface area contributed by atoms with Crippen molar-refractivity contribution in [1.82, 2.24) is 4.90 Å². The predicted molar refractivity (Wildman–Crippen MR) is 74.4 cm³/mol. The van der Waals surface area contributed by atoms with Gasteiger partial charge in [-0.3, -0.25) is 9.46 Å². The summed E-state index contributed by atoms with van der Waals surface area (Å²) in [6, 6.07) is 0.953. The molecule has 0 radical (unpaired) electrons. The molecule has 0 saturated heterocycles. The van der Waals surface area contributed by atoms with Gasteiger partial charge < -0.3 is 4.89 Å². The molecule has 1 N–H and O–H groups in total. The molecule has 0 fully saturated rings. The lowest BCUT2D eigenvalue weighted by atomic mass is 10.2. The molecule has 0 rings (SSSR count). The zero-order valence-electron chi connectivity index (χ0n) is 11.3. The van der Waals surface area contributed by atoms with E-state index in [4.69, 9.17) is 0 Å². The van der Waals surface area contributed by atoms with Gasteiger partial charge in [-0.2, -0.15) is 0 Å². The standard InChI is InChI=1S/C11H26NO2PS/c1-7-11(16-15(6,13)14)8-12(9(2)3)10(4)5/h9-11H,7-8H2,1-6H3,(H,13,14). The maximum atomic E-state index is 11.4. The number of rotatable bonds is 7. The highest BCUT2D eigenvalue weighted by Crippen LogP contribution is 2.53. The summed E-state index contributed by atoms with van der Waals surface area (Å²) in [4.78, 5) is 11.8. The van der Waals surface area contributed by atoms with Crippen molar-refractivity contribution in [3.8, 4) is 0 Å². The first-order valence-electron chi connectivity index (χ1n) is 5.91. The van der Waals surface area contributed by atoms with Gasteiger partial charge in [-0.15, -0.1) is 0 Å². The Bertz CT molecular complexity index is 232. The maximum absolute atomic E-state index is 11.4. The van der Waals surface area contributed by atoms with E-state index in [0.29, 0.717) is 12.1 Å². The average molecular weight is 267 g/mol. The first-order valence-corrected chi connectivity index (χ1v) is 9.51. The van der Waals surface area contributed by atoms with Gasteiger partial charge >= 0.3 is 0 Å². The molecule has 2 atom stereocenters. The highest BCUT2D eigenvalue weighted by molar-refractivity contribution is 8.56. The van der Waals surface area contributed by atoms with E-state index < -0.39 is 6.57 Å². The summed E-state index contributed by atoms with van der Waals surface area (Å²) in [5.74, 6) is 0. The molecule has 0 heterocycles. The highest BCUT2D eigenvalue weighted by atomic mass is 32.7. The third kappa shape index (κ3) is 6.95. The van der Waals surface area contributed by atoms with Crippen LogP contribution in [0.2, 0.25) is 0 Å². The highest BCUT2D eigenvalue weighted by Gasteiger charge is 2.23. The molecule has 98 valence electrons. The predicted octanol–water partition coefficient (Wildman–Crippen LogP) is 3.43. The van der Waals surface area contributed by atoms with Crippen LogP contribution >= 0.6 is 18.0 Å². The summed E-state index contributed by atoms with van der Waals surface area (Å²) in [6.45, 7) is 10.1. The smallest absolute Gasteiger partial charge is 0.252 e. The number of nitrogens with zero attached hydrogens (tertiary/aromatic N) is 1. The second-order valence-corrected chi connectivity index (χ2v) is 9.97. The molecular formula is C11H26NO2PS. The minimum atomic E-state index is -2.97. The summed E-state index contributed by atoms with van der Waals surface area (Å²) in [5, 5.41) is 0.241. The van der Waals surface area contributed by atoms with Crippen LogP contribution in [0.1, 0.15) is 41.0 Å². The van der Waals surface area contributed by atoms with Crippen molar-refractivity contribution in [3.05, 3.63) is 0 Å². The molecular weight excluding hydrogens is 241 g/mol. The fraction of sp³-hybridized carbons (Fsp3) is 1.00. The van der Waals surface area contributed by atoms with Gasteiger partial charge in [-0.05, 0) is 34.1 Å². The summed E-state index contributed by atoms with van der Waals surface area (Å²) in [5.41, 5.74) is 0. The maximum Gasteiger partial charge on any atom is 0.252 e. The van der Waals surface area contributed by atoms with Crippen molar-refractivity contribution in [1.29, 1.82) is 0 Å². The van der Waals surface area contributed by atoms with Crippen LogP contribution in [0.3, 0.4) is 0 Å². The molecule has 0 aliphatic heterocycles. The monoisotopic (exact) mass is 267 g/mol. The summed E-state index contributed by atoms with van der Waals surface area (Å²) in [6.07, 6.45) is 0.930. The molecule has 0 aliphatic carbocycles. The van der Waals surface area contributed by atoms with Crippen molar-refractivity contribution >= 4 is 18.0 Å². The average Bonchev–Trinajstić information content (AvgIpc) is 2.08. The van der Waals surface area contributed by atoms with Crippen LogP contribution in [-0.2, 0) is 4.57 Å². The molecule has 0 spiro atoms. The van der Waals surface area contributed by atoms with E-state index in [9.17, 15) is 9.46 Å². The molecule has 0 aromatic heterocycles. The molecule has 3 nitrogen and oxygen atoms in total. The Morgan fingerprint density at radius 3 is 1.94 bits per heavy atom. The van der Waals surface area contributed by atoms with Crippen LogP contribution < -0.4 is 0 Å². The van der Waals surface area contributed by atoms with Gasteiger partial charge in [0.05, 0.1) is 0 Å². The minimum Gasteiger partial charge on any atom is -0.337 e. The summed E-state index contributed by atoms with van der Waals surface area (Å²) < 4.78 is 11.4. The second kappa shape index (κ2) is 7.05. The Morgan fingerprint density at radius 2 is 1.69 bits per heavy atom. The summed E-state index contributed by atoms with van der Waals surface area (Å²) >= 11 is 1.23. The van der Waals surface area contributed by atoms with E-state index in [2.05, 4.69) is 39.5 Å². The quantitative estimate of drug-likeness (QED) is 0.717. The third-order valence-electron chi connectivity index (χ3n) is 2.54. The fourth-order valence-corrected chi connectivity index (χ4v) is 5.01. The zero-order chi connectivity index (χ0) is 12.9. The van der Waals surface area contributed by atoms with E-state index >= 15 is 0 Å². The Kier molecular flexibility index (Phi) is 7.27. The van der Waals surface area contributed by atoms with Gasteiger partial charge in [-0.25, -0.2) is 0 Å². The normalized spacial score (nSPS) is 18.1. The zero-order valence-corrected chi connectivity index (χ0v) is 13.0. The van der Waals surface area contributed by atoms with Crippen LogP contribution in [0.4, 0.5) is 0 Å². The lowest BCUT2D eigenvalue weighted by Crippen LogP contribution is -2.41. The van der Waals surface area contributed by atoms with E-state index in [-0.39, 0.29) is 5.25 Å². The van der Waals surface area contributed by atoms with Gasteiger partial charge in [0.1, 0.15) is 0 Å². The van der Waals surface area contributed by atoms with Crippen LogP contribution in [-0.4, -0.2) is 40.3 Å². The SMILES string of the molecule is CCC(CN(C(C)C)C(C)C)SP(C)(=O)O. The minimum absolute atomic E-state index is 0.241. The van der Waals surface area contributed by atoms with Gasteiger partial charge in [0.15, 0.2) is 0 Å². The Balaban J connectivity index is 4.44. The van der Waals surface area contributed by atoms with Crippen molar-refractivity contribution in [2.75, 3.05) is 13.2 Å². The number of hydrogen-bond acceptors (Lipinski definition) is 3. The topological polar surface area (TPSA) is 40.5 Å². The van der Waals surface area contributed by atoms with E-state index in [1.165, 1.54) is 18.0 Å². The van der Waals surface area contributed by atoms with Crippen LogP contribution in [0.15, 0.2) is 0 Å². The Morgan fingerprint density at radius 1 is 1.25 bits per heavy atom. The molecule has 2 unspecified atom stereocenters. The lowest BCUT2D eigenvalue weighted by molar-refractivity contribution is 0.175. The molecule has 0 amide bonds. The Labute approximate surface area is 104 Å². The van der Waals surface area contributed by atoms with Gasteiger partial charge in [0, 0.05) is 30.5 Å². The molecule has 0 aliphatic rings. The Hall–Kier alpha value is 0.500. The first-order chi connectivity index (χ1) is 7.17. The van der Waals surface area contributed by atoms with Crippen LogP contribution in [0, 0.1) is 0 Å². The molecule has 5 heteroatoms. The largest absolute Gasteiger partial charge is 0.337 e. The number of hydrogen-bond donors (Lipinski definition) is 1.